The van der Waals surface area contributed by atoms with Gasteiger partial charge in [0, 0.05) is 43.9 Å². The Bertz CT molecular complexity index is 786. The lowest BCUT2D eigenvalue weighted by Gasteiger charge is -2.22. The van der Waals surface area contributed by atoms with Gasteiger partial charge in [0.2, 0.25) is 0 Å². The van der Waals surface area contributed by atoms with Gasteiger partial charge in [0.25, 0.3) is 11.8 Å². The van der Waals surface area contributed by atoms with Crippen LogP contribution in [0, 0.1) is 6.92 Å². The molecule has 0 unspecified atom stereocenters. The average Bonchev–Trinajstić information content (AvgIpc) is 2.93. The van der Waals surface area contributed by atoms with Crippen LogP contribution < -0.4 is 5.73 Å². The molecule has 2 aromatic rings. The molecule has 3 rings (SSSR count). The highest BCUT2D eigenvalue weighted by atomic mass is 16.2. The summed E-state index contributed by atoms with van der Waals surface area (Å²) >= 11 is 0. The molecule has 136 valence electrons. The molecule has 0 atom stereocenters. The number of carbonyl (C=O) groups is 2. The lowest BCUT2D eigenvalue weighted by atomic mass is 10.1. The second-order valence-corrected chi connectivity index (χ2v) is 6.71. The molecule has 0 bridgehead atoms. The van der Waals surface area contributed by atoms with E-state index in [1.807, 2.05) is 65.3 Å². The van der Waals surface area contributed by atoms with E-state index in [-0.39, 0.29) is 11.8 Å². The third-order valence-electron chi connectivity index (χ3n) is 4.77. The van der Waals surface area contributed by atoms with E-state index in [4.69, 9.17) is 5.73 Å². The topological polar surface area (TPSA) is 66.6 Å². The zero-order valence-corrected chi connectivity index (χ0v) is 15.1. The Hall–Kier alpha value is -2.66. The Morgan fingerprint density at radius 3 is 2.08 bits per heavy atom. The first kappa shape index (κ1) is 18.1. The molecular weight excluding hydrogens is 326 g/mol. The standard InChI is InChI=1S/C21H25N3O2/c1-16-4-2-5-19(14-16)21(26)24-11-3-10-23(12-13-24)20(25)18-8-6-17(15-22)7-9-18/h2,4-9,14H,3,10-13,15,22H2,1H3. The van der Waals surface area contributed by atoms with Crippen molar-refractivity contribution in [2.24, 2.45) is 5.73 Å². The van der Waals surface area contributed by atoms with Gasteiger partial charge in [-0.3, -0.25) is 9.59 Å². The predicted octanol–water partition coefficient (Wildman–Crippen LogP) is 2.44. The Morgan fingerprint density at radius 1 is 0.885 bits per heavy atom. The van der Waals surface area contributed by atoms with Gasteiger partial charge in [0.05, 0.1) is 0 Å². The van der Waals surface area contributed by atoms with Crippen LogP contribution in [0.1, 0.15) is 38.3 Å². The molecule has 2 N–H and O–H groups in total. The second kappa shape index (κ2) is 8.15. The average molecular weight is 351 g/mol. The molecule has 1 aliphatic heterocycles. The minimum absolute atomic E-state index is 0.0124. The maximum Gasteiger partial charge on any atom is 0.253 e. The SMILES string of the molecule is Cc1cccc(C(=O)N2CCCN(C(=O)c3ccc(CN)cc3)CC2)c1. The van der Waals surface area contributed by atoms with Gasteiger partial charge < -0.3 is 15.5 Å². The minimum atomic E-state index is 0.0124. The molecule has 0 aromatic heterocycles. The van der Waals surface area contributed by atoms with Crippen molar-refractivity contribution in [2.45, 2.75) is 19.9 Å². The zero-order valence-electron chi connectivity index (χ0n) is 15.1. The van der Waals surface area contributed by atoms with E-state index >= 15 is 0 Å². The molecule has 26 heavy (non-hydrogen) atoms. The first-order valence-electron chi connectivity index (χ1n) is 9.02. The number of nitrogens with zero attached hydrogens (tertiary/aromatic N) is 2. The minimum Gasteiger partial charge on any atom is -0.337 e. The monoisotopic (exact) mass is 351 g/mol. The van der Waals surface area contributed by atoms with Crippen molar-refractivity contribution in [3.05, 3.63) is 70.8 Å². The van der Waals surface area contributed by atoms with Crippen LogP contribution in [0.4, 0.5) is 0 Å². The van der Waals surface area contributed by atoms with E-state index in [1.165, 1.54) is 0 Å². The maximum absolute atomic E-state index is 12.7. The summed E-state index contributed by atoms with van der Waals surface area (Å²) in [5, 5.41) is 0. The highest BCUT2D eigenvalue weighted by molar-refractivity contribution is 5.95. The summed E-state index contributed by atoms with van der Waals surface area (Å²) in [6.45, 7) is 4.88. The van der Waals surface area contributed by atoms with Gasteiger partial charge in [0.15, 0.2) is 0 Å². The lowest BCUT2D eigenvalue weighted by Crippen LogP contribution is -2.37. The summed E-state index contributed by atoms with van der Waals surface area (Å²) in [4.78, 5) is 29.1. The van der Waals surface area contributed by atoms with Crippen LogP contribution in [0.25, 0.3) is 0 Å². The fourth-order valence-corrected chi connectivity index (χ4v) is 3.25. The summed E-state index contributed by atoms with van der Waals surface area (Å²) in [6.07, 6.45) is 0.782. The van der Waals surface area contributed by atoms with Crippen LogP contribution in [-0.2, 0) is 6.54 Å². The molecule has 0 spiro atoms. The van der Waals surface area contributed by atoms with Crippen LogP contribution in [0.3, 0.4) is 0 Å². The van der Waals surface area contributed by atoms with Crippen LogP contribution in [0.2, 0.25) is 0 Å². The highest BCUT2D eigenvalue weighted by Crippen LogP contribution is 2.14. The largest absolute Gasteiger partial charge is 0.337 e. The Kier molecular flexibility index (Phi) is 5.68. The number of rotatable bonds is 3. The molecule has 2 aromatic carbocycles. The van der Waals surface area contributed by atoms with Crippen LogP contribution in [-0.4, -0.2) is 47.8 Å². The van der Waals surface area contributed by atoms with Crippen molar-refractivity contribution >= 4 is 11.8 Å². The van der Waals surface area contributed by atoms with Gasteiger partial charge in [-0.25, -0.2) is 0 Å². The van der Waals surface area contributed by atoms with Crippen LogP contribution in [0.5, 0.6) is 0 Å². The summed E-state index contributed by atoms with van der Waals surface area (Å²) in [6, 6.07) is 15.1. The number of hydrogen-bond donors (Lipinski definition) is 1. The molecule has 0 aliphatic carbocycles. The van der Waals surface area contributed by atoms with E-state index in [0.717, 1.165) is 17.5 Å². The fraction of sp³-hybridized carbons (Fsp3) is 0.333. The van der Waals surface area contributed by atoms with Gasteiger partial charge >= 0.3 is 0 Å². The first-order chi connectivity index (χ1) is 12.6. The van der Waals surface area contributed by atoms with Gasteiger partial charge in [-0.2, -0.15) is 0 Å². The molecule has 5 nitrogen and oxygen atoms in total. The highest BCUT2D eigenvalue weighted by Gasteiger charge is 2.23. The van der Waals surface area contributed by atoms with Crippen molar-refractivity contribution in [3.63, 3.8) is 0 Å². The van der Waals surface area contributed by atoms with Crippen molar-refractivity contribution in [3.8, 4) is 0 Å². The van der Waals surface area contributed by atoms with Crippen molar-refractivity contribution in [1.29, 1.82) is 0 Å². The second-order valence-electron chi connectivity index (χ2n) is 6.71. The summed E-state index contributed by atoms with van der Waals surface area (Å²) in [7, 11) is 0. The van der Waals surface area contributed by atoms with Gasteiger partial charge in [-0.1, -0.05) is 29.8 Å². The third-order valence-corrected chi connectivity index (χ3v) is 4.77. The smallest absolute Gasteiger partial charge is 0.253 e. The maximum atomic E-state index is 12.7. The summed E-state index contributed by atoms with van der Waals surface area (Å²) in [5.74, 6) is 0.0497. The number of hydrogen-bond acceptors (Lipinski definition) is 3. The fourth-order valence-electron chi connectivity index (χ4n) is 3.25. The quantitative estimate of drug-likeness (QED) is 0.924. The molecule has 1 aliphatic rings. The molecule has 1 heterocycles. The molecule has 5 heteroatoms. The Labute approximate surface area is 154 Å². The van der Waals surface area contributed by atoms with Crippen molar-refractivity contribution in [2.75, 3.05) is 26.2 Å². The van der Waals surface area contributed by atoms with E-state index in [0.29, 0.717) is 43.9 Å². The van der Waals surface area contributed by atoms with Gasteiger partial charge in [-0.15, -0.1) is 0 Å². The number of benzene rings is 2. The molecule has 2 amide bonds. The lowest BCUT2D eigenvalue weighted by molar-refractivity contribution is 0.0718. The number of nitrogens with two attached hydrogens (primary N) is 1. The van der Waals surface area contributed by atoms with Crippen LogP contribution >= 0.6 is 0 Å². The zero-order chi connectivity index (χ0) is 18.5. The molecule has 0 saturated carbocycles. The Morgan fingerprint density at radius 2 is 1.50 bits per heavy atom. The molecule has 1 fully saturated rings. The van der Waals surface area contributed by atoms with Gasteiger partial charge in [-0.05, 0) is 43.2 Å². The number of amides is 2. The molecule has 0 radical (unpaired) electrons. The third kappa shape index (κ3) is 4.11. The van der Waals surface area contributed by atoms with E-state index in [2.05, 4.69) is 0 Å². The van der Waals surface area contributed by atoms with E-state index in [1.54, 1.807) is 0 Å². The predicted molar refractivity (Wildman–Crippen MR) is 102 cm³/mol. The number of aryl methyl sites for hydroxylation is 1. The van der Waals surface area contributed by atoms with Crippen LogP contribution in [0.15, 0.2) is 48.5 Å². The van der Waals surface area contributed by atoms with Crippen molar-refractivity contribution < 1.29 is 9.59 Å². The van der Waals surface area contributed by atoms with E-state index < -0.39 is 0 Å². The first-order valence-corrected chi connectivity index (χ1v) is 9.02. The molecule has 1 saturated heterocycles. The molecular formula is C21H25N3O2. The summed E-state index contributed by atoms with van der Waals surface area (Å²) < 4.78 is 0. The van der Waals surface area contributed by atoms with E-state index in [9.17, 15) is 9.59 Å². The number of carbonyl (C=O) groups excluding carboxylic acids is 2. The van der Waals surface area contributed by atoms with Gasteiger partial charge in [0.1, 0.15) is 0 Å². The van der Waals surface area contributed by atoms with Crippen molar-refractivity contribution in [1.82, 2.24) is 9.80 Å². The summed E-state index contributed by atoms with van der Waals surface area (Å²) in [5.41, 5.74) is 9.06. The normalized spacial score (nSPS) is 14.8. The Balaban J connectivity index is 1.65.